The first-order valence-corrected chi connectivity index (χ1v) is 16.2. The predicted octanol–water partition coefficient (Wildman–Crippen LogP) is 6.96. The van der Waals surface area contributed by atoms with Gasteiger partial charge in [0.25, 0.3) is 0 Å². The van der Waals surface area contributed by atoms with Crippen molar-refractivity contribution in [3.63, 3.8) is 0 Å². The van der Waals surface area contributed by atoms with Crippen LogP contribution in [0, 0.1) is 6.92 Å². The second-order valence-corrected chi connectivity index (χ2v) is 11.5. The summed E-state index contributed by atoms with van der Waals surface area (Å²) in [5, 5.41) is 17.7. The number of aromatic carboxylic acids is 2. The van der Waals surface area contributed by atoms with Crippen LogP contribution in [0.15, 0.2) is 91.3 Å². The lowest BCUT2D eigenvalue weighted by molar-refractivity contribution is 0.0592. The Balaban J connectivity index is 0.000000207. The number of carbonyl (C=O) groups is 4. The highest BCUT2D eigenvalue weighted by atomic mass is 35.5. The number of halogens is 2. The van der Waals surface area contributed by atoms with Gasteiger partial charge in [0.2, 0.25) is 0 Å². The van der Waals surface area contributed by atoms with E-state index in [-0.39, 0.29) is 41.2 Å². The summed E-state index contributed by atoms with van der Waals surface area (Å²) in [5.74, 6) is -2.86. The zero-order chi connectivity index (χ0) is 42.0. The van der Waals surface area contributed by atoms with Crippen LogP contribution < -0.4 is 11.5 Å². The maximum atomic E-state index is 11.3. The fourth-order valence-electron chi connectivity index (χ4n) is 4.32. The van der Waals surface area contributed by atoms with E-state index in [9.17, 15) is 19.2 Å². The molecule has 0 saturated heterocycles. The average molecular weight is 804 g/mol. The highest BCUT2D eigenvalue weighted by Crippen LogP contribution is 2.22. The molecule has 0 aliphatic rings. The van der Waals surface area contributed by atoms with Crippen LogP contribution in [-0.2, 0) is 9.47 Å². The van der Waals surface area contributed by atoms with E-state index >= 15 is 0 Å². The van der Waals surface area contributed by atoms with Gasteiger partial charge < -0.3 is 31.2 Å². The zero-order valence-electron chi connectivity index (χ0n) is 30.9. The zero-order valence-corrected chi connectivity index (χ0v) is 30.5. The average Bonchev–Trinajstić information content (AvgIpc) is 3.19. The van der Waals surface area contributed by atoms with Gasteiger partial charge in [-0.3, -0.25) is 15.0 Å². The third kappa shape index (κ3) is 11.5. The van der Waals surface area contributed by atoms with Gasteiger partial charge in [0.15, 0.2) is 10.3 Å². The Kier molecular flexibility index (Phi) is 14.2. The summed E-state index contributed by atoms with van der Waals surface area (Å²) in [6.07, 6.45) is 1.14. The van der Waals surface area contributed by atoms with Gasteiger partial charge in [0.05, 0.1) is 89.4 Å². The molecule has 6 N–H and O–H groups in total. The van der Waals surface area contributed by atoms with Crippen LogP contribution in [0.5, 0.6) is 0 Å². The molecule has 0 radical (unpaired) electrons. The number of carboxylic acid groups (broad SMARTS) is 2. The molecule has 7 aromatic rings. The van der Waals surface area contributed by atoms with Crippen molar-refractivity contribution in [2.45, 2.75) is 14.4 Å². The molecule has 0 atom stereocenters. The van der Waals surface area contributed by atoms with Crippen LogP contribution in [0.2, 0.25) is 10.3 Å². The number of hydrogen-bond donors (Lipinski definition) is 4. The van der Waals surface area contributed by atoms with E-state index in [4.69, 9.17) is 47.6 Å². The molecule has 56 heavy (non-hydrogen) atoms. The molecule has 0 saturated carbocycles. The number of nitrogens with two attached hydrogens (primary N) is 2. The SMILES string of the molecule is C.COC(=O)c1ccc(N)c(N)c1.COC(=O)c1ccc2nc(Cl)c(Cl)nc2c1.Cc1cnc2cc(C(=O)O)ccc2n1.[2H]c1nc2ccc(C(=O)O)cc2nc1[2H]. The normalized spacial score (nSPS) is 10.4. The van der Waals surface area contributed by atoms with Crippen molar-refractivity contribution in [3.8, 4) is 0 Å². The number of hydrogen-bond acceptors (Lipinski definition) is 14. The van der Waals surface area contributed by atoms with Crippen molar-refractivity contribution in [2.24, 2.45) is 0 Å². The quantitative estimate of drug-likeness (QED) is 0.104. The van der Waals surface area contributed by atoms with Gasteiger partial charge in [-0.15, -0.1) is 0 Å². The highest BCUT2D eigenvalue weighted by Gasteiger charge is 2.10. The number of ether oxygens (including phenoxy) is 2. The Labute approximate surface area is 331 Å². The number of aromatic nitrogens is 6. The van der Waals surface area contributed by atoms with Crippen LogP contribution in [0.1, 0.15) is 57.3 Å². The molecule has 0 amide bonds. The number of nitrogens with zero attached hydrogens (tertiary/aromatic N) is 6. The summed E-state index contributed by atoms with van der Waals surface area (Å²) in [4.78, 5) is 67.5. The Bertz CT molecular complexity index is 2670. The van der Waals surface area contributed by atoms with Crippen molar-refractivity contribution >= 4 is 91.6 Å². The van der Waals surface area contributed by atoms with Crippen LogP contribution in [0.3, 0.4) is 0 Å². The van der Waals surface area contributed by atoms with Gasteiger partial charge in [-0.25, -0.2) is 34.1 Å². The van der Waals surface area contributed by atoms with Gasteiger partial charge in [-0.05, 0) is 79.7 Å². The van der Waals surface area contributed by atoms with E-state index in [0.717, 1.165) is 11.2 Å². The number of carbonyl (C=O) groups excluding carboxylic acids is 2. The second-order valence-electron chi connectivity index (χ2n) is 10.8. The summed E-state index contributed by atoms with van der Waals surface area (Å²) >= 11 is 11.5. The maximum Gasteiger partial charge on any atom is 0.337 e. The lowest BCUT2D eigenvalue weighted by Crippen LogP contribution is -2.03. The summed E-state index contributed by atoms with van der Waals surface area (Å²) in [5.41, 5.74) is 16.8. The first-order chi connectivity index (χ1) is 27.0. The molecule has 4 aromatic carbocycles. The fourth-order valence-corrected chi connectivity index (χ4v) is 4.59. The van der Waals surface area contributed by atoms with Gasteiger partial charge in [0, 0.05) is 18.5 Å². The molecule has 3 heterocycles. The molecule has 0 fully saturated rings. The summed E-state index contributed by atoms with van der Waals surface area (Å²) in [6, 6.07) is 18.3. The van der Waals surface area contributed by atoms with Crippen molar-refractivity contribution in [2.75, 3.05) is 25.7 Å². The van der Waals surface area contributed by atoms with E-state index in [1.807, 2.05) is 6.92 Å². The minimum Gasteiger partial charge on any atom is -0.478 e. The minimum atomic E-state index is -1.06. The molecule has 3 aromatic heterocycles. The van der Waals surface area contributed by atoms with E-state index < -0.39 is 23.9 Å². The summed E-state index contributed by atoms with van der Waals surface area (Å²) < 4.78 is 23.6. The molecule has 0 aliphatic carbocycles. The standard InChI is InChI=1S/C10H6Cl2N2O2.C10H8N2O2.C9H6N2O2.C8H10N2O2.CH4/c1-16-10(15)5-2-3-6-7(4-5)14-9(12)8(11)13-6;1-6-5-11-9-4-7(10(13)14)2-3-8(9)12-6;12-9(13)6-1-2-7-8(5-6)11-4-3-10-7;1-12-8(11)5-2-3-6(9)7(10)4-5;/h2-4H,1H3;2-5H,1H3,(H,13,14);1-5H,(H,12,13);2-4H,9-10H2,1H3;1H4/i;;3D,4D;;. The summed E-state index contributed by atoms with van der Waals surface area (Å²) in [7, 11) is 2.63. The predicted molar refractivity (Wildman–Crippen MR) is 212 cm³/mol. The third-order valence-corrected chi connectivity index (χ3v) is 7.67. The Morgan fingerprint density at radius 2 is 1.02 bits per heavy atom. The molecule has 0 aliphatic heterocycles. The molecule has 16 nitrogen and oxygen atoms in total. The molecule has 0 bridgehead atoms. The number of anilines is 2. The largest absolute Gasteiger partial charge is 0.478 e. The number of esters is 2. The van der Waals surface area contributed by atoms with E-state index in [1.54, 1.807) is 42.6 Å². The Morgan fingerprint density at radius 3 is 1.55 bits per heavy atom. The van der Waals surface area contributed by atoms with E-state index in [1.165, 1.54) is 50.6 Å². The number of methoxy groups -OCH3 is 2. The van der Waals surface area contributed by atoms with Crippen molar-refractivity contribution in [3.05, 3.63) is 130 Å². The lowest BCUT2D eigenvalue weighted by Gasteiger charge is -2.02. The number of benzene rings is 4. The number of aryl methyl sites for hydroxylation is 1. The topological polar surface area (TPSA) is 257 Å². The van der Waals surface area contributed by atoms with Crippen LogP contribution >= 0.6 is 23.2 Å². The molecular weight excluding hydrogens is 767 g/mol. The number of carboxylic acids is 2. The molecule has 0 unspecified atom stereocenters. The number of fused-ring (bicyclic) bond motifs is 3. The molecule has 288 valence electrons. The molecular formula is C38H34Cl2N8O8. The number of rotatable bonds is 4. The molecule has 0 spiro atoms. The Hall–Kier alpha value is -7.04. The minimum absolute atomic E-state index is 0. The van der Waals surface area contributed by atoms with Gasteiger partial charge in [-0.2, -0.15) is 0 Å². The highest BCUT2D eigenvalue weighted by molar-refractivity contribution is 6.40. The van der Waals surface area contributed by atoms with Crippen molar-refractivity contribution in [1.82, 2.24) is 29.9 Å². The third-order valence-electron chi connectivity index (χ3n) is 7.05. The van der Waals surface area contributed by atoms with Gasteiger partial charge >= 0.3 is 23.9 Å². The van der Waals surface area contributed by atoms with E-state index in [0.29, 0.717) is 50.1 Å². The summed E-state index contributed by atoms with van der Waals surface area (Å²) in [6.45, 7) is 1.84. The Morgan fingerprint density at radius 1 is 0.589 bits per heavy atom. The molecule has 7 rings (SSSR count). The van der Waals surface area contributed by atoms with Gasteiger partial charge in [0.1, 0.15) is 0 Å². The van der Waals surface area contributed by atoms with Crippen molar-refractivity contribution < 1.29 is 41.6 Å². The van der Waals surface area contributed by atoms with E-state index in [2.05, 4.69) is 39.4 Å². The lowest BCUT2D eigenvalue weighted by atomic mass is 10.2. The maximum absolute atomic E-state index is 11.3. The van der Waals surface area contributed by atoms with Gasteiger partial charge in [-0.1, -0.05) is 30.6 Å². The van der Waals surface area contributed by atoms with Crippen LogP contribution in [-0.4, -0.2) is 78.2 Å². The first-order valence-electron chi connectivity index (χ1n) is 16.4. The number of nitrogen functional groups attached to an aromatic ring is 2. The second kappa shape index (κ2) is 19.9. The van der Waals surface area contributed by atoms with Crippen molar-refractivity contribution in [1.29, 1.82) is 0 Å². The van der Waals surface area contributed by atoms with Crippen LogP contribution in [0.4, 0.5) is 11.4 Å². The smallest absolute Gasteiger partial charge is 0.337 e. The monoisotopic (exact) mass is 802 g/mol. The molecule has 18 heteroatoms. The first kappa shape index (κ1) is 40.2. The van der Waals surface area contributed by atoms with Crippen LogP contribution in [0.25, 0.3) is 33.1 Å². The fraction of sp³-hybridized carbons (Fsp3) is 0.105.